The van der Waals surface area contributed by atoms with Gasteiger partial charge in [0.2, 0.25) is 0 Å². The normalized spacial score (nSPS) is 10.6. The van der Waals surface area contributed by atoms with E-state index in [1.165, 1.54) is 19.1 Å². The quantitative estimate of drug-likeness (QED) is 0.785. The SMILES string of the molecule is CCOc1cc(Br)cc(C(C)=O)c1C(F)F. The number of halogens is 3. The fourth-order valence-electron chi connectivity index (χ4n) is 1.38. The fourth-order valence-corrected chi connectivity index (χ4v) is 1.82. The first-order valence-electron chi connectivity index (χ1n) is 4.72. The van der Waals surface area contributed by atoms with Gasteiger partial charge >= 0.3 is 0 Å². The Morgan fingerprint density at radius 3 is 2.56 bits per heavy atom. The molecular weight excluding hydrogens is 282 g/mol. The van der Waals surface area contributed by atoms with Crippen LogP contribution in [0.2, 0.25) is 0 Å². The molecule has 0 unspecified atom stereocenters. The summed E-state index contributed by atoms with van der Waals surface area (Å²) >= 11 is 3.16. The minimum absolute atomic E-state index is 0.00664. The second-order valence-corrected chi connectivity index (χ2v) is 4.07. The maximum absolute atomic E-state index is 12.9. The number of alkyl halides is 2. The van der Waals surface area contributed by atoms with Crippen LogP contribution >= 0.6 is 15.9 Å². The van der Waals surface area contributed by atoms with Crippen molar-refractivity contribution < 1.29 is 18.3 Å². The molecule has 88 valence electrons. The molecular formula is C11H11BrF2O2. The van der Waals surface area contributed by atoms with Gasteiger partial charge in [0.25, 0.3) is 6.43 Å². The minimum Gasteiger partial charge on any atom is -0.493 e. The lowest BCUT2D eigenvalue weighted by atomic mass is 10.0. The molecule has 0 aliphatic carbocycles. The summed E-state index contributed by atoms with van der Waals surface area (Å²) in [4.78, 5) is 11.3. The summed E-state index contributed by atoms with van der Waals surface area (Å²) in [5, 5.41) is 0. The Balaban J connectivity index is 3.41. The zero-order chi connectivity index (χ0) is 12.3. The van der Waals surface area contributed by atoms with E-state index in [0.717, 1.165) is 0 Å². The van der Waals surface area contributed by atoms with E-state index in [4.69, 9.17) is 4.74 Å². The van der Waals surface area contributed by atoms with E-state index in [-0.39, 0.29) is 23.5 Å². The van der Waals surface area contributed by atoms with E-state index in [1.807, 2.05) is 0 Å². The van der Waals surface area contributed by atoms with Crippen molar-refractivity contribution in [1.29, 1.82) is 0 Å². The average Bonchev–Trinajstić information content (AvgIpc) is 2.16. The number of carbonyl (C=O) groups is 1. The van der Waals surface area contributed by atoms with E-state index >= 15 is 0 Å². The molecule has 0 N–H and O–H groups in total. The van der Waals surface area contributed by atoms with Gasteiger partial charge in [-0.15, -0.1) is 0 Å². The van der Waals surface area contributed by atoms with Gasteiger partial charge in [0.05, 0.1) is 12.2 Å². The van der Waals surface area contributed by atoms with E-state index in [9.17, 15) is 13.6 Å². The first-order valence-corrected chi connectivity index (χ1v) is 5.52. The number of ether oxygens (including phenoxy) is 1. The molecule has 0 aliphatic heterocycles. The maximum Gasteiger partial charge on any atom is 0.268 e. The van der Waals surface area contributed by atoms with Gasteiger partial charge in [-0.3, -0.25) is 4.79 Å². The van der Waals surface area contributed by atoms with Crippen LogP contribution in [-0.4, -0.2) is 12.4 Å². The summed E-state index contributed by atoms with van der Waals surface area (Å²) in [6.07, 6.45) is -2.73. The molecule has 0 atom stereocenters. The van der Waals surface area contributed by atoms with Gasteiger partial charge in [-0.05, 0) is 26.0 Å². The Kier molecular flexibility index (Phi) is 4.41. The Labute approximate surface area is 101 Å². The van der Waals surface area contributed by atoms with Gasteiger partial charge in [-0.25, -0.2) is 8.78 Å². The predicted molar refractivity (Wildman–Crippen MR) is 60.3 cm³/mol. The Bertz CT molecular complexity index is 405. The van der Waals surface area contributed by atoms with Crippen molar-refractivity contribution in [3.8, 4) is 5.75 Å². The van der Waals surface area contributed by atoms with Crippen LogP contribution in [0.15, 0.2) is 16.6 Å². The summed E-state index contributed by atoms with van der Waals surface area (Å²) < 4.78 is 31.4. The molecule has 16 heavy (non-hydrogen) atoms. The molecule has 0 heterocycles. The standard InChI is InChI=1S/C11H11BrF2O2/c1-3-16-9-5-7(12)4-8(6(2)15)10(9)11(13)14/h4-5,11H,3H2,1-2H3. The number of carbonyl (C=O) groups excluding carboxylic acids is 1. The van der Waals surface area contributed by atoms with Gasteiger partial charge < -0.3 is 4.74 Å². The van der Waals surface area contributed by atoms with Crippen LogP contribution in [0.25, 0.3) is 0 Å². The molecule has 1 aromatic carbocycles. The van der Waals surface area contributed by atoms with Crippen LogP contribution in [0.1, 0.15) is 36.2 Å². The molecule has 0 radical (unpaired) electrons. The van der Waals surface area contributed by atoms with E-state index in [1.54, 1.807) is 6.92 Å². The van der Waals surface area contributed by atoms with Crippen molar-refractivity contribution in [1.82, 2.24) is 0 Å². The highest BCUT2D eigenvalue weighted by Gasteiger charge is 2.22. The second kappa shape index (κ2) is 5.39. The molecule has 0 amide bonds. The summed E-state index contributed by atoms with van der Waals surface area (Å²) in [6, 6.07) is 2.82. The van der Waals surface area contributed by atoms with Gasteiger partial charge in [0, 0.05) is 10.0 Å². The minimum atomic E-state index is -2.73. The molecule has 0 saturated carbocycles. The topological polar surface area (TPSA) is 26.3 Å². The van der Waals surface area contributed by atoms with Crippen molar-refractivity contribution in [2.75, 3.05) is 6.61 Å². The summed E-state index contributed by atoms with van der Waals surface area (Å²) in [5.74, 6) is -0.352. The third kappa shape index (κ3) is 2.78. The van der Waals surface area contributed by atoms with Crippen molar-refractivity contribution in [2.24, 2.45) is 0 Å². The predicted octanol–water partition coefficient (Wildman–Crippen LogP) is 3.99. The van der Waals surface area contributed by atoms with Crippen LogP contribution in [0.4, 0.5) is 8.78 Å². The van der Waals surface area contributed by atoms with Crippen LogP contribution in [0, 0.1) is 0 Å². The number of hydrogen-bond donors (Lipinski definition) is 0. The van der Waals surface area contributed by atoms with E-state index in [0.29, 0.717) is 4.47 Å². The summed E-state index contributed by atoms with van der Waals surface area (Å²) in [5.41, 5.74) is -0.342. The lowest BCUT2D eigenvalue weighted by Gasteiger charge is -2.13. The zero-order valence-corrected chi connectivity index (χ0v) is 10.5. The number of hydrogen-bond acceptors (Lipinski definition) is 2. The average molecular weight is 293 g/mol. The van der Waals surface area contributed by atoms with E-state index in [2.05, 4.69) is 15.9 Å². The van der Waals surface area contributed by atoms with Crippen molar-refractivity contribution in [3.05, 3.63) is 27.7 Å². The Morgan fingerprint density at radius 2 is 2.12 bits per heavy atom. The molecule has 0 fully saturated rings. The molecule has 0 bridgehead atoms. The van der Waals surface area contributed by atoms with Crippen LogP contribution < -0.4 is 4.74 Å². The lowest BCUT2D eigenvalue weighted by Crippen LogP contribution is -2.05. The molecule has 0 aliphatic rings. The smallest absolute Gasteiger partial charge is 0.268 e. The first kappa shape index (κ1) is 13.1. The van der Waals surface area contributed by atoms with Gasteiger partial charge in [0.15, 0.2) is 5.78 Å². The molecule has 1 aromatic rings. The maximum atomic E-state index is 12.9. The molecule has 0 aromatic heterocycles. The highest BCUT2D eigenvalue weighted by molar-refractivity contribution is 9.10. The molecule has 0 saturated heterocycles. The van der Waals surface area contributed by atoms with Crippen LogP contribution in [0.5, 0.6) is 5.75 Å². The summed E-state index contributed by atoms with van der Waals surface area (Å²) in [6.45, 7) is 3.22. The molecule has 5 heteroatoms. The van der Waals surface area contributed by atoms with Gasteiger partial charge in [-0.1, -0.05) is 15.9 Å². The third-order valence-corrected chi connectivity index (χ3v) is 2.46. The van der Waals surface area contributed by atoms with Crippen molar-refractivity contribution in [2.45, 2.75) is 20.3 Å². The highest BCUT2D eigenvalue weighted by atomic mass is 79.9. The third-order valence-electron chi connectivity index (χ3n) is 2.00. The number of benzene rings is 1. The number of Topliss-reactive ketones (excluding diaryl/α,β-unsaturated/α-hetero) is 1. The molecule has 0 spiro atoms. The van der Waals surface area contributed by atoms with Crippen molar-refractivity contribution in [3.63, 3.8) is 0 Å². The fraction of sp³-hybridized carbons (Fsp3) is 0.364. The number of ketones is 1. The first-order chi connectivity index (χ1) is 7.47. The largest absolute Gasteiger partial charge is 0.493 e. The zero-order valence-electron chi connectivity index (χ0n) is 8.89. The summed E-state index contributed by atoms with van der Waals surface area (Å²) in [7, 11) is 0. The molecule has 1 rings (SSSR count). The van der Waals surface area contributed by atoms with Crippen LogP contribution in [0.3, 0.4) is 0 Å². The van der Waals surface area contributed by atoms with Crippen LogP contribution in [-0.2, 0) is 0 Å². The Morgan fingerprint density at radius 1 is 1.50 bits per heavy atom. The lowest BCUT2D eigenvalue weighted by molar-refractivity contribution is 0.0995. The van der Waals surface area contributed by atoms with Crippen molar-refractivity contribution >= 4 is 21.7 Å². The van der Waals surface area contributed by atoms with Gasteiger partial charge in [0.1, 0.15) is 5.75 Å². The highest BCUT2D eigenvalue weighted by Crippen LogP contribution is 2.35. The van der Waals surface area contributed by atoms with E-state index < -0.39 is 12.2 Å². The molecule has 2 nitrogen and oxygen atoms in total. The Hall–Kier alpha value is -0.970. The second-order valence-electron chi connectivity index (χ2n) is 3.16. The monoisotopic (exact) mass is 292 g/mol. The van der Waals surface area contributed by atoms with Gasteiger partial charge in [-0.2, -0.15) is 0 Å². The number of rotatable bonds is 4.